The van der Waals surface area contributed by atoms with Gasteiger partial charge >= 0.3 is 12.0 Å². The summed E-state index contributed by atoms with van der Waals surface area (Å²) in [4.78, 5) is 30.7. The van der Waals surface area contributed by atoms with E-state index in [4.69, 9.17) is 4.74 Å². The van der Waals surface area contributed by atoms with Crippen molar-refractivity contribution < 1.29 is 19.4 Å². The second-order valence-electron chi connectivity index (χ2n) is 5.54. The van der Waals surface area contributed by atoms with Gasteiger partial charge in [0.15, 0.2) is 0 Å². The number of aromatic carboxylic acids is 1. The number of methoxy groups -OCH3 is 1. The number of carbonyl (C=O) groups excluding carboxylic acids is 1. The Morgan fingerprint density at radius 2 is 2.12 bits per heavy atom. The number of anilines is 3. The number of hydrogen-bond donors (Lipinski definition) is 2. The molecular weight excluding hydrogens is 342 g/mol. The van der Waals surface area contributed by atoms with E-state index < -0.39 is 12.0 Å². The third-order valence-corrected chi connectivity index (χ3v) is 5.17. The van der Waals surface area contributed by atoms with Crippen molar-refractivity contribution in [1.82, 2.24) is 4.98 Å². The van der Waals surface area contributed by atoms with Crippen LogP contribution in [0.2, 0.25) is 0 Å². The summed E-state index contributed by atoms with van der Waals surface area (Å²) in [5, 5.41) is 12.7. The first kappa shape index (κ1) is 15.4. The van der Waals surface area contributed by atoms with Crippen LogP contribution in [0.1, 0.15) is 15.2 Å². The Balaban J connectivity index is 1.97. The SMILES string of the molecule is COc1ccc(N2C(=O)Nc3c(C(=O)O)sc4nccc2c34)c(C)c1. The summed E-state index contributed by atoms with van der Waals surface area (Å²) in [5.74, 6) is -0.388. The molecule has 0 saturated heterocycles. The van der Waals surface area contributed by atoms with Gasteiger partial charge in [-0.05, 0) is 36.8 Å². The predicted octanol–water partition coefficient (Wildman–Crippen LogP) is 4.00. The van der Waals surface area contributed by atoms with Crippen molar-refractivity contribution in [3.63, 3.8) is 0 Å². The molecular formula is C17H13N3O4S. The number of pyridine rings is 1. The van der Waals surface area contributed by atoms with Crippen molar-refractivity contribution >= 4 is 50.6 Å². The van der Waals surface area contributed by atoms with Gasteiger partial charge in [-0.15, -0.1) is 11.3 Å². The quantitative estimate of drug-likeness (QED) is 0.741. The van der Waals surface area contributed by atoms with E-state index in [-0.39, 0.29) is 4.88 Å². The lowest BCUT2D eigenvalue weighted by Gasteiger charge is -2.29. The van der Waals surface area contributed by atoms with Crippen LogP contribution in [-0.4, -0.2) is 29.2 Å². The van der Waals surface area contributed by atoms with Crippen LogP contribution in [0.25, 0.3) is 10.2 Å². The number of nitrogens with zero attached hydrogens (tertiary/aromatic N) is 2. The standard InChI is InChI=1S/C17H13N3O4S/c1-8-7-9(24-2)3-4-10(8)20-11-5-6-18-15-12(11)13(19-17(20)23)14(25-15)16(21)22/h3-7H,1-2H3,(H,19,23)(H,21,22). The minimum absolute atomic E-state index is 0.0782. The summed E-state index contributed by atoms with van der Waals surface area (Å²) >= 11 is 1.05. The van der Waals surface area contributed by atoms with E-state index in [1.165, 1.54) is 4.90 Å². The predicted molar refractivity (Wildman–Crippen MR) is 95.5 cm³/mol. The Labute approximate surface area is 146 Å². The average Bonchev–Trinajstić information content (AvgIpc) is 2.96. The van der Waals surface area contributed by atoms with Crippen molar-refractivity contribution in [3.05, 3.63) is 40.9 Å². The molecule has 3 heterocycles. The van der Waals surface area contributed by atoms with Gasteiger partial charge in [0, 0.05) is 6.20 Å². The molecule has 0 bridgehead atoms. The molecule has 2 amide bonds. The molecule has 0 atom stereocenters. The molecule has 1 aromatic carbocycles. The molecule has 4 rings (SSSR count). The van der Waals surface area contributed by atoms with E-state index >= 15 is 0 Å². The lowest BCUT2D eigenvalue weighted by atomic mass is 10.1. The summed E-state index contributed by atoms with van der Waals surface area (Å²) in [6.07, 6.45) is 1.58. The Hall–Kier alpha value is -3.13. The smallest absolute Gasteiger partial charge is 0.348 e. The number of nitrogens with one attached hydrogen (secondary N) is 1. The van der Waals surface area contributed by atoms with Gasteiger partial charge in [-0.25, -0.2) is 14.6 Å². The van der Waals surface area contributed by atoms with Gasteiger partial charge in [0.25, 0.3) is 0 Å². The minimum Gasteiger partial charge on any atom is -0.497 e. The number of ether oxygens (including phenoxy) is 1. The maximum Gasteiger partial charge on any atom is 0.348 e. The molecule has 2 N–H and O–H groups in total. The van der Waals surface area contributed by atoms with Gasteiger partial charge in [0.1, 0.15) is 15.5 Å². The fourth-order valence-electron chi connectivity index (χ4n) is 2.98. The van der Waals surface area contributed by atoms with Crippen LogP contribution >= 0.6 is 11.3 Å². The number of aromatic nitrogens is 1. The number of rotatable bonds is 3. The van der Waals surface area contributed by atoms with Crippen LogP contribution in [0.3, 0.4) is 0 Å². The van der Waals surface area contributed by atoms with Crippen molar-refractivity contribution in [3.8, 4) is 5.75 Å². The van der Waals surface area contributed by atoms with Crippen molar-refractivity contribution in [2.24, 2.45) is 0 Å². The van der Waals surface area contributed by atoms with Gasteiger partial charge in [0.05, 0.1) is 29.6 Å². The molecule has 3 aromatic rings. The van der Waals surface area contributed by atoms with Crippen LogP contribution < -0.4 is 15.0 Å². The number of hydrogen-bond acceptors (Lipinski definition) is 5. The zero-order valence-corrected chi connectivity index (χ0v) is 14.2. The summed E-state index contributed by atoms with van der Waals surface area (Å²) in [6.45, 7) is 1.88. The summed E-state index contributed by atoms with van der Waals surface area (Å²) < 4.78 is 5.22. The number of aryl methyl sites for hydroxylation is 1. The first-order chi connectivity index (χ1) is 12.0. The van der Waals surface area contributed by atoms with Gasteiger partial charge in [-0.1, -0.05) is 0 Å². The second-order valence-corrected chi connectivity index (χ2v) is 6.54. The van der Waals surface area contributed by atoms with Crippen molar-refractivity contribution in [2.75, 3.05) is 17.3 Å². The van der Waals surface area contributed by atoms with E-state index in [9.17, 15) is 14.7 Å². The zero-order chi connectivity index (χ0) is 17.7. The highest BCUT2D eigenvalue weighted by Gasteiger charge is 2.33. The molecule has 0 spiro atoms. The molecule has 8 heteroatoms. The zero-order valence-electron chi connectivity index (χ0n) is 13.4. The minimum atomic E-state index is -1.08. The van der Waals surface area contributed by atoms with Crippen LogP contribution in [0.4, 0.5) is 21.9 Å². The molecule has 1 aliphatic heterocycles. The lowest BCUT2D eigenvalue weighted by molar-refractivity contribution is 0.0703. The normalized spacial score (nSPS) is 13.0. The highest BCUT2D eigenvalue weighted by Crippen LogP contribution is 2.46. The van der Waals surface area contributed by atoms with Gasteiger partial charge < -0.3 is 15.2 Å². The number of urea groups is 1. The van der Waals surface area contributed by atoms with Gasteiger partial charge in [0.2, 0.25) is 0 Å². The number of carboxylic acid groups (broad SMARTS) is 1. The molecule has 2 aromatic heterocycles. The largest absolute Gasteiger partial charge is 0.497 e. The van der Waals surface area contributed by atoms with E-state index in [1.807, 2.05) is 13.0 Å². The average molecular weight is 355 g/mol. The Morgan fingerprint density at radius 1 is 1.32 bits per heavy atom. The molecule has 0 saturated carbocycles. The highest BCUT2D eigenvalue weighted by atomic mass is 32.1. The molecule has 0 unspecified atom stereocenters. The molecule has 25 heavy (non-hydrogen) atoms. The van der Waals surface area contributed by atoms with Gasteiger partial charge in [-0.2, -0.15) is 0 Å². The van der Waals surface area contributed by atoms with Crippen molar-refractivity contribution in [2.45, 2.75) is 6.92 Å². The highest BCUT2D eigenvalue weighted by molar-refractivity contribution is 7.21. The fourth-order valence-corrected chi connectivity index (χ4v) is 3.94. The number of carbonyl (C=O) groups is 2. The Morgan fingerprint density at radius 3 is 2.80 bits per heavy atom. The summed E-state index contributed by atoms with van der Waals surface area (Å²) in [7, 11) is 1.58. The second kappa shape index (κ2) is 5.45. The van der Waals surface area contributed by atoms with E-state index in [0.29, 0.717) is 33.0 Å². The van der Waals surface area contributed by atoms with Crippen molar-refractivity contribution in [1.29, 1.82) is 0 Å². The first-order valence-corrected chi connectivity index (χ1v) is 8.23. The maximum atomic E-state index is 12.8. The number of amides is 2. The van der Waals surface area contributed by atoms with E-state index in [1.54, 1.807) is 31.5 Å². The monoisotopic (exact) mass is 355 g/mol. The third-order valence-electron chi connectivity index (χ3n) is 4.09. The number of benzene rings is 1. The van der Waals surface area contributed by atoms with Crippen LogP contribution in [0.5, 0.6) is 5.75 Å². The molecule has 0 fully saturated rings. The number of thiophene rings is 1. The summed E-state index contributed by atoms with van der Waals surface area (Å²) in [5.41, 5.74) is 2.47. The number of carboxylic acids is 1. The third kappa shape index (κ3) is 2.22. The fraction of sp³-hybridized carbons (Fsp3) is 0.118. The Bertz CT molecular complexity index is 1040. The molecule has 126 valence electrons. The summed E-state index contributed by atoms with van der Waals surface area (Å²) in [6, 6.07) is 6.73. The maximum absolute atomic E-state index is 12.8. The Kier molecular flexibility index (Phi) is 3.36. The molecule has 0 aliphatic carbocycles. The molecule has 7 nitrogen and oxygen atoms in total. The van der Waals surface area contributed by atoms with E-state index in [0.717, 1.165) is 16.9 Å². The molecule has 1 aliphatic rings. The van der Waals surface area contributed by atoms with Gasteiger partial charge in [-0.3, -0.25) is 4.90 Å². The molecule has 0 radical (unpaired) electrons. The first-order valence-electron chi connectivity index (χ1n) is 7.42. The van der Waals surface area contributed by atoms with Crippen LogP contribution in [-0.2, 0) is 0 Å². The van der Waals surface area contributed by atoms with Crippen LogP contribution in [0.15, 0.2) is 30.5 Å². The topological polar surface area (TPSA) is 91.8 Å². The van der Waals surface area contributed by atoms with Crippen LogP contribution in [0, 0.1) is 6.92 Å². The van der Waals surface area contributed by atoms with E-state index in [2.05, 4.69) is 10.3 Å². The lowest BCUT2D eigenvalue weighted by Crippen LogP contribution is -2.34.